The van der Waals surface area contributed by atoms with E-state index < -0.39 is 6.17 Å². The molecule has 1 aliphatic heterocycles. The van der Waals surface area contributed by atoms with Crippen LogP contribution in [0.25, 0.3) is 0 Å². The van der Waals surface area contributed by atoms with Gasteiger partial charge < -0.3 is 20.5 Å². The fraction of sp³-hybridized carbons (Fsp3) is 0.412. The Balaban J connectivity index is 1.71. The zero-order valence-corrected chi connectivity index (χ0v) is 15.2. The number of nitriles is 1. The fourth-order valence-corrected chi connectivity index (χ4v) is 2.78. The van der Waals surface area contributed by atoms with Crippen LogP contribution in [0.2, 0.25) is 0 Å². The van der Waals surface area contributed by atoms with Gasteiger partial charge in [-0.05, 0) is 0 Å². The van der Waals surface area contributed by atoms with Crippen LogP contribution < -0.4 is 31.4 Å². The molecule has 1 aliphatic rings. The lowest BCUT2D eigenvalue weighted by molar-refractivity contribution is 0.197. The van der Waals surface area contributed by atoms with Gasteiger partial charge in [0.1, 0.15) is 36.2 Å². The number of ether oxygens (including phenoxy) is 2. The summed E-state index contributed by atoms with van der Waals surface area (Å²) in [6, 6.07) is 1.73. The summed E-state index contributed by atoms with van der Waals surface area (Å²) in [4.78, 5) is 12.2. The summed E-state index contributed by atoms with van der Waals surface area (Å²) in [7, 11) is 1.53. The lowest BCUT2D eigenvalue weighted by Crippen LogP contribution is -2.36. The van der Waals surface area contributed by atoms with E-state index >= 15 is 0 Å². The third-order valence-electron chi connectivity index (χ3n) is 4.15. The van der Waals surface area contributed by atoms with Crippen LogP contribution in [0.15, 0.2) is 24.8 Å². The van der Waals surface area contributed by atoms with Crippen LogP contribution in [-0.2, 0) is 0 Å². The van der Waals surface area contributed by atoms with Gasteiger partial charge in [0.2, 0.25) is 0 Å². The van der Waals surface area contributed by atoms with Crippen LogP contribution in [0.3, 0.4) is 0 Å². The summed E-state index contributed by atoms with van der Waals surface area (Å²) in [6.45, 7) is -0.283. The zero-order valence-electron chi connectivity index (χ0n) is 15.2. The van der Waals surface area contributed by atoms with Gasteiger partial charge in [-0.15, -0.1) is 0 Å². The van der Waals surface area contributed by atoms with Crippen molar-refractivity contribution >= 4 is 5.82 Å². The number of nitrogens with zero attached hydrogens (tertiary/aromatic N) is 4. The number of nitrogens with two attached hydrogens (primary N) is 1. The van der Waals surface area contributed by atoms with Gasteiger partial charge in [0.15, 0.2) is 5.69 Å². The van der Waals surface area contributed by atoms with E-state index in [1.165, 1.54) is 25.7 Å². The molecule has 3 rings (SSSR count). The molecule has 2 unspecified atom stereocenters. The number of alkyl halides is 1. The predicted molar refractivity (Wildman–Crippen MR) is 98.0 cm³/mol. The second-order valence-corrected chi connectivity index (χ2v) is 6.07. The topological polar surface area (TPSA) is 143 Å². The molecule has 0 amide bonds. The molecule has 1 fully saturated rings. The average molecular weight is 388 g/mol. The molecule has 148 valence electrons. The molecule has 0 aromatic carbocycles. The number of hydrogen-bond acceptors (Lipinski definition) is 10. The molecule has 3 atom stereocenters. The van der Waals surface area contributed by atoms with Crippen LogP contribution in [0, 0.1) is 11.3 Å². The lowest BCUT2D eigenvalue weighted by Gasteiger charge is -2.19. The SMILES string of the molecule is COc1cncc(OC[C@@H](F)CN)c1C1CC(Nc2cnc(C#N)cn2)NN1. The maximum atomic E-state index is 13.5. The van der Waals surface area contributed by atoms with E-state index in [0.29, 0.717) is 23.7 Å². The van der Waals surface area contributed by atoms with Crippen molar-refractivity contribution in [3.8, 4) is 17.6 Å². The minimum Gasteiger partial charge on any atom is -0.495 e. The molecule has 28 heavy (non-hydrogen) atoms. The number of hydrogen-bond donors (Lipinski definition) is 4. The van der Waals surface area contributed by atoms with Crippen LogP contribution in [-0.4, -0.2) is 47.6 Å². The first-order valence-corrected chi connectivity index (χ1v) is 8.63. The minimum atomic E-state index is -1.27. The van der Waals surface area contributed by atoms with Crippen molar-refractivity contribution in [3.63, 3.8) is 0 Å². The Morgan fingerprint density at radius 1 is 1.32 bits per heavy atom. The highest BCUT2D eigenvalue weighted by Crippen LogP contribution is 2.36. The minimum absolute atomic E-state index is 0.117. The van der Waals surface area contributed by atoms with Crippen molar-refractivity contribution in [2.24, 2.45) is 5.73 Å². The van der Waals surface area contributed by atoms with Crippen molar-refractivity contribution in [2.75, 3.05) is 25.6 Å². The molecule has 0 radical (unpaired) electrons. The summed E-state index contributed by atoms with van der Waals surface area (Å²) >= 11 is 0. The van der Waals surface area contributed by atoms with E-state index in [-0.39, 0.29) is 31.1 Å². The van der Waals surface area contributed by atoms with Crippen LogP contribution in [0.1, 0.15) is 23.7 Å². The molecule has 2 aromatic rings. The number of nitrogens with one attached hydrogen (secondary N) is 3. The zero-order chi connectivity index (χ0) is 19.9. The lowest BCUT2D eigenvalue weighted by atomic mass is 10.0. The molecule has 0 bridgehead atoms. The highest BCUT2D eigenvalue weighted by molar-refractivity contribution is 5.45. The number of aromatic nitrogens is 3. The third-order valence-corrected chi connectivity index (χ3v) is 4.15. The first kappa shape index (κ1) is 19.7. The molecule has 1 saturated heterocycles. The van der Waals surface area contributed by atoms with E-state index in [0.717, 1.165) is 5.56 Å². The van der Waals surface area contributed by atoms with Crippen molar-refractivity contribution in [3.05, 3.63) is 36.0 Å². The number of pyridine rings is 1. The second kappa shape index (κ2) is 9.23. The van der Waals surface area contributed by atoms with Crippen LogP contribution in [0.5, 0.6) is 11.5 Å². The maximum absolute atomic E-state index is 13.5. The van der Waals surface area contributed by atoms with E-state index in [4.69, 9.17) is 20.5 Å². The first-order valence-electron chi connectivity index (χ1n) is 8.63. The van der Waals surface area contributed by atoms with Gasteiger partial charge in [-0.3, -0.25) is 4.98 Å². The fourth-order valence-electron chi connectivity index (χ4n) is 2.78. The third kappa shape index (κ3) is 4.61. The first-order chi connectivity index (χ1) is 13.6. The van der Waals surface area contributed by atoms with Gasteiger partial charge in [0.25, 0.3) is 0 Å². The van der Waals surface area contributed by atoms with E-state index in [9.17, 15) is 4.39 Å². The highest BCUT2D eigenvalue weighted by Gasteiger charge is 2.30. The van der Waals surface area contributed by atoms with Gasteiger partial charge in [0.05, 0.1) is 49.7 Å². The Morgan fingerprint density at radius 3 is 2.82 bits per heavy atom. The summed E-state index contributed by atoms with van der Waals surface area (Å²) < 4.78 is 24.5. The molecule has 2 aromatic heterocycles. The number of methoxy groups -OCH3 is 1. The quantitative estimate of drug-likeness (QED) is 0.502. The molecule has 0 spiro atoms. The maximum Gasteiger partial charge on any atom is 0.158 e. The smallest absolute Gasteiger partial charge is 0.158 e. The Bertz CT molecular complexity index is 829. The van der Waals surface area contributed by atoms with Gasteiger partial charge >= 0.3 is 0 Å². The van der Waals surface area contributed by atoms with Crippen LogP contribution >= 0.6 is 0 Å². The van der Waals surface area contributed by atoms with Gasteiger partial charge in [-0.2, -0.15) is 5.26 Å². The molecule has 3 heterocycles. The van der Waals surface area contributed by atoms with Crippen molar-refractivity contribution in [1.29, 1.82) is 5.26 Å². The van der Waals surface area contributed by atoms with Gasteiger partial charge in [0, 0.05) is 13.0 Å². The summed E-state index contributed by atoms with van der Waals surface area (Å²) in [5.41, 5.74) is 12.6. The van der Waals surface area contributed by atoms with Crippen molar-refractivity contribution < 1.29 is 13.9 Å². The number of hydrazine groups is 1. The normalized spacial score (nSPS) is 19.6. The summed E-state index contributed by atoms with van der Waals surface area (Å²) in [5, 5.41) is 12.0. The molecule has 0 aliphatic carbocycles. The Morgan fingerprint density at radius 2 is 2.14 bits per heavy atom. The number of halogens is 1. The number of rotatable bonds is 8. The molecular weight excluding hydrogens is 367 g/mol. The molecule has 11 heteroatoms. The van der Waals surface area contributed by atoms with Gasteiger partial charge in [-0.1, -0.05) is 0 Å². The standard InChI is InChI=1S/C17H21FN8O2/c1-27-13-6-21-7-14(28-9-10(18)3-19)17(13)12-2-15(26-25-12)24-16-8-22-11(4-20)5-23-16/h5-8,10,12,15,25-26H,2-3,9,19H2,1H3,(H,23,24)/t10-,12?,15?/m0/s1. The molecule has 5 N–H and O–H groups in total. The molecular formula is C17H21FN8O2. The van der Waals surface area contributed by atoms with Gasteiger partial charge in [-0.25, -0.2) is 25.2 Å². The predicted octanol–water partition coefficient (Wildman–Crippen LogP) is 0.405. The molecule has 0 saturated carbocycles. The largest absolute Gasteiger partial charge is 0.495 e. The Kier molecular flexibility index (Phi) is 6.49. The Hall–Kier alpha value is -3.07. The monoisotopic (exact) mass is 388 g/mol. The van der Waals surface area contributed by atoms with Crippen molar-refractivity contribution in [1.82, 2.24) is 25.8 Å². The van der Waals surface area contributed by atoms with E-state index in [1.807, 2.05) is 6.07 Å². The highest BCUT2D eigenvalue weighted by atomic mass is 19.1. The summed E-state index contributed by atoms with van der Waals surface area (Å²) in [5.74, 6) is 1.48. The van der Waals surface area contributed by atoms with Crippen LogP contribution in [0.4, 0.5) is 10.2 Å². The Labute approximate surface area is 161 Å². The van der Waals surface area contributed by atoms with E-state index in [1.54, 1.807) is 6.20 Å². The molecule has 10 nitrogen and oxygen atoms in total. The van der Waals surface area contributed by atoms with Crippen molar-refractivity contribution in [2.45, 2.75) is 24.8 Å². The average Bonchev–Trinajstić information content (AvgIpc) is 3.20. The number of anilines is 1. The summed E-state index contributed by atoms with van der Waals surface area (Å²) in [6.07, 6.45) is 5.15. The second-order valence-electron chi connectivity index (χ2n) is 6.07. The van der Waals surface area contributed by atoms with E-state index in [2.05, 4.69) is 31.1 Å².